The third-order valence-corrected chi connectivity index (χ3v) is 5.97. The van der Waals surface area contributed by atoms with Crippen LogP contribution in [0.4, 0.5) is 10.6 Å². The molecule has 0 saturated carbocycles. The van der Waals surface area contributed by atoms with E-state index in [1.165, 1.54) is 23.2 Å². The van der Waals surface area contributed by atoms with Crippen molar-refractivity contribution in [2.24, 2.45) is 7.05 Å². The van der Waals surface area contributed by atoms with Crippen LogP contribution in [0.15, 0.2) is 17.2 Å². The highest BCUT2D eigenvalue weighted by atomic mass is 32.2. The van der Waals surface area contributed by atoms with E-state index in [1.54, 1.807) is 19.4 Å². The molecule has 2 amide bonds. The summed E-state index contributed by atoms with van der Waals surface area (Å²) >= 11 is 1.93. The lowest BCUT2D eigenvalue weighted by atomic mass is 10.1. The number of aryl methyl sites for hydroxylation is 1. The highest BCUT2D eigenvalue weighted by Crippen LogP contribution is 2.25. The molecule has 2 unspecified atom stereocenters. The first-order valence-electron chi connectivity index (χ1n) is 8.56. The Labute approximate surface area is 146 Å². The first kappa shape index (κ1) is 17.1. The topological polar surface area (TPSA) is 79.3 Å². The standard InChI is InChI=1S/C16H25N5O2S/c1-20-8-6-17-14(15(20)22)21-7-2-4-12(11-21)19-16(23)18-10-13-5-3-9-24-13/h6,8,12-13H,2-5,7,9-11H2,1H3,(H2,18,19,23). The number of hydrogen-bond acceptors (Lipinski definition) is 5. The van der Waals surface area contributed by atoms with E-state index in [2.05, 4.69) is 15.6 Å². The molecule has 2 fully saturated rings. The van der Waals surface area contributed by atoms with Crippen molar-refractivity contribution in [1.29, 1.82) is 0 Å². The summed E-state index contributed by atoms with van der Waals surface area (Å²) in [5.74, 6) is 1.67. The van der Waals surface area contributed by atoms with Crippen LogP contribution in [0.5, 0.6) is 0 Å². The summed E-state index contributed by atoms with van der Waals surface area (Å²) in [6, 6.07) is -0.0648. The maximum Gasteiger partial charge on any atom is 0.315 e. The average molecular weight is 351 g/mol. The van der Waals surface area contributed by atoms with Gasteiger partial charge in [-0.05, 0) is 31.4 Å². The van der Waals surface area contributed by atoms with Crippen LogP contribution in [0.3, 0.4) is 0 Å². The molecule has 0 aliphatic carbocycles. The Morgan fingerprint density at radius 3 is 3.08 bits per heavy atom. The largest absolute Gasteiger partial charge is 0.350 e. The number of anilines is 1. The van der Waals surface area contributed by atoms with E-state index < -0.39 is 0 Å². The Hall–Kier alpha value is -1.70. The van der Waals surface area contributed by atoms with E-state index in [9.17, 15) is 9.59 Å². The van der Waals surface area contributed by atoms with Crippen molar-refractivity contribution in [3.63, 3.8) is 0 Å². The van der Waals surface area contributed by atoms with Crippen molar-refractivity contribution in [3.8, 4) is 0 Å². The molecular weight excluding hydrogens is 326 g/mol. The predicted molar refractivity (Wildman–Crippen MR) is 96.7 cm³/mol. The minimum absolute atomic E-state index is 0.0432. The van der Waals surface area contributed by atoms with E-state index >= 15 is 0 Å². The van der Waals surface area contributed by atoms with Gasteiger partial charge in [0.1, 0.15) is 0 Å². The third kappa shape index (κ3) is 4.23. The van der Waals surface area contributed by atoms with Crippen LogP contribution in [0.2, 0.25) is 0 Å². The lowest BCUT2D eigenvalue weighted by Crippen LogP contribution is -2.52. The molecule has 2 aliphatic heterocycles. The van der Waals surface area contributed by atoms with E-state index in [4.69, 9.17) is 0 Å². The van der Waals surface area contributed by atoms with Gasteiger partial charge in [0, 0.05) is 50.4 Å². The SMILES string of the molecule is Cn1ccnc(N2CCCC(NC(=O)NCC3CCCS3)C2)c1=O. The fourth-order valence-corrected chi connectivity index (χ4v) is 4.44. The van der Waals surface area contributed by atoms with Gasteiger partial charge >= 0.3 is 6.03 Å². The lowest BCUT2D eigenvalue weighted by Gasteiger charge is -2.33. The molecule has 3 heterocycles. The van der Waals surface area contributed by atoms with Gasteiger partial charge in [-0.2, -0.15) is 11.8 Å². The molecule has 8 heteroatoms. The number of hydrogen-bond donors (Lipinski definition) is 2. The minimum atomic E-state index is -0.108. The number of rotatable bonds is 4. The van der Waals surface area contributed by atoms with Crippen LogP contribution in [-0.2, 0) is 7.05 Å². The molecule has 7 nitrogen and oxygen atoms in total. The Bertz CT molecular complexity index is 629. The first-order valence-corrected chi connectivity index (χ1v) is 9.61. The number of urea groups is 1. The fourth-order valence-electron chi connectivity index (χ4n) is 3.24. The number of nitrogens with zero attached hydrogens (tertiary/aromatic N) is 3. The molecule has 0 spiro atoms. The molecule has 2 saturated heterocycles. The van der Waals surface area contributed by atoms with Crippen molar-refractivity contribution in [1.82, 2.24) is 20.2 Å². The summed E-state index contributed by atoms with van der Waals surface area (Å²) in [4.78, 5) is 30.5. The minimum Gasteiger partial charge on any atom is -0.350 e. The average Bonchev–Trinajstić information content (AvgIpc) is 3.09. The summed E-state index contributed by atoms with van der Waals surface area (Å²) in [7, 11) is 1.72. The molecule has 132 valence electrons. The molecule has 2 aliphatic rings. The summed E-state index contributed by atoms with van der Waals surface area (Å²) in [5, 5.41) is 6.57. The Morgan fingerprint density at radius 2 is 2.29 bits per heavy atom. The normalized spacial score (nSPS) is 24.0. The maximum atomic E-state index is 12.2. The second-order valence-corrected chi connectivity index (χ2v) is 7.85. The van der Waals surface area contributed by atoms with Crippen LogP contribution in [0, 0.1) is 0 Å². The van der Waals surface area contributed by atoms with Gasteiger partial charge in [0.05, 0.1) is 0 Å². The number of piperidine rings is 1. The van der Waals surface area contributed by atoms with Gasteiger partial charge in [-0.1, -0.05) is 0 Å². The molecule has 2 N–H and O–H groups in total. The monoisotopic (exact) mass is 351 g/mol. The number of carbonyl (C=O) groups is 1. The second kappa shape index (κ2) is 7.92. The summed E-state index contributed by atoms with van der Waals surface area (Å²) in [6.45, 7) is 2.15. The van der Waals surface area contributed by atoms with Crippen molar-refractivity contribution in [2.75, 3.05) is 30.3 Å². The maximum absolute atomic E-state index is 12.2. The van der Waals surface area contributed by atoms with Crippen LogP contribution in [-0.4, -0.2) is 52.3 Å². The molecule has 0 bridgehead atoms. The van der Waals surface area contributed by atoms with Crippen LogP contribution in [0.25, 0.3) is 0 Å². The zero-order chi connectivity index (χ0) is 16.9. The number of amides is 2. The number of thioether (sulfide) groups is 1. The van der Waals surface area contributed by atoms with E-state index in [0.717, 1.165) is 25.9 Å². The van der Waals surface area contributed by atoms with Gasteiger partial charge in [-0.25, -0.2) is 9.78 Å². The van der Waals surface area contributed by atoms with E-state index in [0.29, 0.717) is 17.6 Å². The molecule has 2 atom stereocenters. The number of nitrogens with one attached hydrogen (secondary N) is 2. The molecular formula is C16H25N5O2S. The van der Waals surface area contributed by atoms with E-state index in [1.807, 2.05) is 16.7 Å². The van der Waals surface area contributed by atoms with Gasteiger partial charge in [-0.15, -0.1) is 0 Å². The summed E-state index contributed by atoms with van der Waals surface area (Å²) in [6.07, 6.45) is 7.58. The Kier molecular flexibility index (Phi) is 5.65. The van der Waals surface area contributed by atoms with Gasteiger partial charge in [0.2, 0.25) is 0 Å². The molecule has 24 heavy (non-hydrogen) atoms. The summed E-state index contributed by atoms with van der Waals surface area (Å²) in [5.41, 5.74) is -0.0964. The first-order chi connectivity index (χ1) is 11.6. The van der Waals surface area contributed by atoms with E-state index in [-0.39, 0.29) is 17.6 Å². The number of aromatic nitrogens is 2. The molecule has 0 aromatic carbocycles. The predicted octanol–water partition coefficient (Wildman–Crippen LogP) is 0.944. The zero-order valence-corrected chi connectivity index (χ0v) is 14.8. The molecule has 0 radical (unpaired) electrons. The van der Waals surface area contributed by atoms with Crippen molar-refractivity contribution < 1.29 is 4.79 Å². The van der Waals surface area contributed by atoms with Crippen molar-refractivity contribution >= 4 is 23.6 Å². The molecule has 1 aromatic rings. The quantitative estimate of drug-likeness (QED) is 0.844. The van der Waals surface area contributed by atoms with Crippen LogP contribution >= 0.6 is 11.8 Å². The second-order valence-electron chi connectivity index (χ2n) is 6.44. The number of carbonyl (C=O) groups excluding carboxylic acids is 1. The smallest absolute Gasteiger partial charge is 0.315 e. The molecule has 1 aromatic heterocycles. The highest BCUT2D eigenvalue weighted by molar-refractivity contribution is 8.00. The van der Waals surface area contributed by atoms with Gasteiger partial charge in [0.25, 0.3) is 5.56 Å². The third-order valence-electron chi connectivity index (χ3n) is 4.57. The fraction of sp³-hybridized carbons (Fsp3) is 0.688. The zero-order valence-electron chi connectivity index (χ0n) is 14.0. The molecule has 3 rings (SSSR count). The van der Waals surface area contributed by atoms with Gasteiger partial charge in [-0.3, -0.25) is 4.79 Å². The van der Waals surface area contributed by atoms with Crippen molar-refractivity contribution in [2.45, 2.75) is 37.0 Å². The van der Waals surface area contributed by atoms with Gasteiger partial charge < -0.3 is 20.1 Å². The summed E-state index contributed by atoms with van der Waals surface area (Å²) < 4.78 is 1.53. The van der Waals surface area contributed by atoms with Crippen LogP contribution < -0.4 is 21.1 Å². The van der Waals surface area contributed by atoms with Gasteiger partial charge in [0.15, 0.2) is 5.82 Å². The van der Waals surface area contributed by atoms with Crippen molar-refractivity contribution in [3.05, 3.63) is 22.7 Å². The Morgan fingerprint density at radius 1 is 1.42 bits per heavy atom. The Balaban J connectivity index is 1.52. The van der Waals surface area contributed by atoms with Crippen LogP contribution in [0.1, 0.15) is 25.7 Å². The lowest BCUT2D eigenvalue weighted by molar-refractivity contribution is 0.235. The highest BCUT2D eigenvalue weighted by Gasteiger charge is 2.24.